The van der Waals surface area contributed by atoms with E-state index in [0.717, 1.165) is 3.57 Å². The molecule has 6 heteroatoms. The summed E-state index contributed by atoms with van der Waals surface area (Å²) in [5, 5.41) is 10.6. The first-order valence-electron chi connectivity index (χ1n) is 3.27. The summed E-state index contributed by atoms with van der Waals surface area (Å²) in [5.74, 6) is 0.203. The molecule has 0 unspecified atom stereocenters. The van der Waals surface area contributed by atoms with Gasteiger partial charge in [0.2, 0.25) is 5.75 Å². The van der Waals surface area contributed by atoms with Crippen molar-refractivity contribution >= 4 is 40.9 Å². The van der Waals surface area contributed by atoms with Gasteiger partial charge in [0, 0.05) is 9.64 Å². The topological polar surface area (TPSA) is 52.4 Å². The van der Waals surface area contributed by atoms with Crippen LogP contribution in [0.5, 0.6) is 5.75 Å². The molecule has 0 fully saturated rings. The van der Waals surface area contributed by atoms with Gasteiger partial charge in [-0.15, -0.1) is 12.6 Å². The first-order valence-corrected chi connectivity index (χ1v) is 4.79. The first kappa shape index (κ1) is 10.6. The van der Waals surface area contributed by atoms with E-state index in [1.165, 1.54) is 13.2 Å². The molecule has 0 aliphatic rings. The summed E-state index contributed by atoms with van der Waals surface area (Å²) >= 11 is 6.07. The number of nitro groups is 1. The van der Waals surface area contributed by atoms with Gasteiger partial charge in [0.1, 0.15) is 0 Å². The normalized spacial score (nSPS) is 9.77. The Bertz CT molecular complexity index is 356. The summed E-state index contributed by atoms with van der Waals surface area (Å²) in [5.41, 5.74) is -0.0561. The molecule has 0 radical (unpaired) electrons. The van der Waals surface area contributed by atoms with E-state index in [4.69, 9.17) is 4.74 Å². The van der Waals surface area contributed by atoms with Crippen molar-refractivity contribution in [1.82, 2.24) is 0 Å². The van der Waals surface area contributed by atoms with Gasteiger partial charge in [-0.25, -0.2) is 0 Å². The van der Waals surface area contributed by atoms with Crippen LogP contribution in [0.1, 0.15) is 0 Å². The summed E-state index contributed by atoms with van der Waals surface area (Å²) in [6.45, 7) is 0. The second-order valence-corrected chi connectivity index (χ2v) is 3.96. The van der Waals surface area contributed by atoms with E-state index in [1.54, 1.807) is 6.07 Å². The number of hydrogen-bond donors (Lipinski definition) is 1. The fourth-order valence-corrected chi connectivity index (χ4v) is 2.11. The second kappa shape index (κ2) is 4.14. The summed E-state index contributed by atoms with van der Waals surface area (Å²) < 4.78 is 5.63. The average Bonchev–Trinajstić information content (AvgIpc) is 2.02. The summed E-state index contributed by atoms with van der Waals surface area (Å²) in [6.07, 6.45) is 0. The van der Waals surface area contributed by atoms with Crippen LogP contribution in [-0.2, 0) is 0 Å². The number of hydrogen-bond acceptors (Lipinski definition) is 4. The van der Waals surface area contributed by atoms with E-state index in [-0.39, 0.29) is 11.4 Å². The minimum Gasteiger partial charge on any atom is -0.489 e. The van der Waals surface area contributed by atoms with Gasteiger partial charge in [-0.3, -0.25) is 10.1 Å². The lowest BCUT2D eigenvalue weighted by molar-refractivity contribution is -0.386. The quantitative estimate of drug-likeness (QED) is 0.395. The van der Waals surface area contributed by atoms with Gasteiger partial charge < -0.3 is 4.74 Å². The fraction of sp³-hybridized carbons (Fsp3) is 0.143. The van der Waals surface area contributed by atoms with E-state index in [2.05, 4.69) is 12.6 Å². The molecule has 0 heterocycles. The molecule has 1 rings (SSSR count). The molecule has 0 N–H and O–H groups in total. The zero-order chi connectivity index (χ0) is 10.0. The van der Waals surface area contributed by atoms with Crippen LogP contribution in [-0.4, -0.2) is 12.0 Å². The molecule has 0 amide bonds. The molecule has 1 aromatic rings. The lowest BCUT2D eigenvalue weighted by Gasteiger charge is -2.04. The Labute approximate surface area is 94.0 Å². The standard InChI is InChI=1S/C7H6INO3S/c1-12-7-5(9(10)11)2-4(8)3-6(7)13/h2-3,13H,1H3. The molecule has 0 atom stereocenters. The van der Waals surface area contributed by atoms with Crippen molar-refractivity contribution in [3.05, 3.63) is 25.8 Å². The molecule has 0 aliphatic heterocycles. The number of halogens is 1. The lowest BCUT2D eigenvalue weighted by Crippen LogP contribution is -1.95. The monoisotopic (exact) mass is 311 g/mol. The van der Waals surface area contributed by atoms with Crippen LogP contribution < -0.4 is 4.74 Å². The Morgan fingerprint density at radius 2 is 2.23 bits per heavy atom. The molecule has 70 valence electrons. The SMILES string of the molecule is COc1c(S)cc(I)cc1[N+](=O)[O-]. The Balaban J connectivity index is 3.38. The number of benzene rings is 1. The smallest absolute Gasteiger partial charge is 0.313 e. The van der Waals surface area contributed by atoms with E-state index in [9.17, 15) is 10.1 Å². The van der Waals surface area contributed by atoms with Crippen molar-refractivity contribution in [1.29, 1.82) is 0 Å². The van der Waals surface area contributed by atoms with Crippen LogP contribution in [0.15, 0.2) is 17.0 Å². The summed E-state index contributed by atoms with van der Waals surface area (Å²) in [7, 11) is 1.38. The Kier molecular flexibility index (Phi) is 3.37. The molecule has 13 heavy (non-hydrogen) atoms. The number of methoxy groups -OCH3 is 1. The Hall–Kier alpha value is -0.500. The van der Waals surface area contributed by atoms with Crippen LogP contribution in [0.3, 0.4) is 0 Å². The summed E-state index contributed by atoms with van der Waals surface area (Å²) in [6, 6.07) is 3.15. The van der Waals surface area contributed by atoms with Gasteiger partial charge >= 0.3 is 5.69 Å². The number of rotatable bonds is 2. The molecular weight excluding hydrogens is 305 g/mol. The van der Waals surface area contributed by atoms with Crippen LogP contribution >= 0.6 is 35.2 Å². The Morgan fingerprint density at radius 3 is 2.69 bits per heavy atom. The maximum Gasteiger partial charge on any atom is 0.313 e. The highest BCUT2D eigenvalue weighted by atomic mass is 127. The van der Waals surface area contributed by atoms with Crippen molar-refractivity contribution < 1.29 is 9.66 Å². The molecule has 0 bridgehead atoms. The van der Waals surface area contributed by atoms with Gasteiger partial charge in [-0.2, -0.15) is 0 Å². The number of ether oxygens (including phenoxy) is 1. The van der Waals surface area contributed by atoms with Crippen molar-refractivity contribution in [2.45, 2.75) is 4.90 Å². The highest BCUT2D eigenvalue weighted by molar-refractivity contribution is 14.1. The van der Waals surface area contributed by atoms with Crippen molar-refractivity contribution in [3.63, 3.8) is 0 Å². The molecule has 0 aromatic heterocycles. The predicted molar refractivity (Wildman–Crippen MR) is 59.6 cm³/mol. The average molecular weight is 311 g/mol. The molecular formula is C7H6INO3S. The van der Waals surface area contributed by atoms with Gasteiger partial charge in [-0.05, 0) is 28.7 Å². The zero-order valence-corrected chi connectivity index (χ0v) is 9.70. The van der Waals surface area contributed by atoms with E-state index in [0.29, 0.717) is 4.90 Å². The highest BCUT2D eigenvalue weighted by Gasteiger charge is 2.18. The molecule has 4 nitrogen and oxygen atoms in total. The fourth-order valence-electron chi connectivity index (χ4n) is 0.910. The lowest BCUT2D eigenvalue weighted by atomic mass is 10.3. The van der Waals surface area contributed by atoms with Crippen LogP contribution in [0.4, 0.5) is 5.69 Å². The largest absolute Gasteiger partial charge is 0.489 e. The van der Waals surface area contributed by atoms with Gasteiger partial charge in [-0.1, -0.05) is 0 Å². The minimum atomic E-state index is -0.485. The van der Waals surface area contributed by atoms with Gasteiger partial charge in [0.15, 0.2) is 0 Å². The van der Waals surface area contributed by atoms with E-state index in [1.807, 2.05) is 22.6 Å². The van der Waals surface area contributed by atoms with Crippen LogP contribution in [0, 0.1) is 13.7 Å². The van der Waals surface area contributed by atoms with Crippen LogP contribution in [0.2, 0.25) is 0 Å². The van der Waals surface area contributed by atoms with Crippen molar-refractivity contribution in [3.8, 4) is 5.75 Å². The third-order valence-corrected chi connectivity index (χ3v) is 2.37. The molecule has 0 spiro atoms. The van der Waals surface area contributed by atoms with E-state index < -0.39 is 4.92 Å². The maximum absolute atomic E-state index is 10.6. The van der Waals surface area contributed by atoms with Crippen molar-refractivity contribution in [2.75, 3.05) is 7.11 Å². The number of thiol groups is 1. The Morgan fingerprint density at radius 1 is 1.62 bits per heavy atom. The van der Waals surface area contributed by atoms with Gasteiger partial charge in [0.25, 0.3) is 0 Å². The molecule has 0 aliphatic carbocycles. The molecule has 0 saturated carbocycles. The zero-order valence-electron chi connectivity index (χ0n) is 6.65. The predicted octanol–water partition coefficient (Wildman–Crippen LogP) is 2.50. The number of nitrogens with zero attached hydrogens (tertiary/aromatic N) is 1. The van der Waals surface area contributed by atoms with Crippen LogP contribution in [0.25, 0.3) is 0 Å². The molecule has 1 aromatic carbocycles. The third kappa shape index (κ3) is 2.25. The third-order valence-electron chi connectivity index (χ3n) is 1.42. The molecule has 0 saturated heterocycles. The summed E-state index contributed by atoms with van der Waals surface area (Å²) in [4.78, 5) is 10.6. The second-order valence-electron chi connectivity index (χ2n) is 2.23. The van der Waals surface area contributed by atoms with Gasteiger partial charge in [0.05, 0.1) is 16.9 Å². The highest BCUT2D eigenvalue weighted by Crippen LogP contribution is 2.34. The van der Waals surface area contributed by atoms with E-state index >= 15 is 0 Å². The first-order chi connectivity index (χ1) is 6.06. The maximum atomic E-state index is 10.6. The van der Waals surface area contributed by atoms with Crippen molar-refractivity contribution in [2.24, 2.45) is 0 Å². The minimum absolute atomic E-state index is 0.0561. The number of nitro benzene ring substituents is 1.